The zero-order valence-electron chi connectivity index (χ0n) is 16.8. The molecule has 0 saturated heterocycles. The number of nitrogens with zero attached hydrogens (tertiary/aromatic N) is 2. The van der Waals surface area contributed by atoms with Gasteiger partial charge in [-0.2, -0.15) is 0 Å². The first-order chi connectivity index (χ1) is 15.4. The monoisotopic (exact) mass is 394 g/mol. The summed E-state index contributed by atoms with van der Waals surface area (Å²) in [7, 11) is 0. The van der Waals surface area contributed by atoms with Gasteiger partial charge >= 0.3 is 0 Å². The van der Waals surface area contributed by atoms with Crippen LogP contribution in [0.1, 0.15) is 11.1 Å². The lowest BCUT2D eigenvalue weighted by Gasteiger charge is -2.11. The molecule has 0 saturated carbocycles. The average Bonchev–Trinajstić information content (AvgIpc) is 3.39. The zero-order chi connectivity index (χ0) is 20.4. The minimum Gasteiger partial charge on any atom is -0.309 e. The lowest BCUT2D eigenvalue weighted by Crippen LogP contribution is -1.95. The molecule has 6 aromatic rings. The number of benzene rings is 4. The fourth-order valence-corrected chi connectivity index (χ4v) is 4.95. The van der Waals surface area contributed by atoms with Crippen molar-refractivity contribution >= 4 is 44.9 Å². The maximum Gasteiger partial charge on any atom is 0.0721 e. The average molecular weight is 394 g/mol. The first-order valence-electron chi connectivity index (χ1n) is 10.6. The summed E-state index contributed by atoms with van der Waals surface area (Å²) >= 11 is 0. The molecule has 0 unspecified atom stereocenters. The summed E-state index contributed by atoms with van der Waals surface area (Å²) in [6.45, 7) is 0. The lowest BCUT2D eigenvalue weighted by molar-refractivity contribution is 1.18. The Kier molecular flexibility index (Phi) is 3.30. The maximum absolute atomic E-state index is 5.00. The summed E-state index contributed by atoms with van der Waals surface area (Å²) in [4.78, 5) is 5.00. The summed E-state index contributed by atoms with van der Waals surface area (Å²) in [5.74, 6) is 0. The molecule has 144 valence electrons. The molecule has 31 heavy (non-hydrogen) atoms. The van der Waals surface area contributed by atoms with Crippen molar-refractivity contribution in [3.63, 3.8) is 0 Å². The third-order valence-electron chi connectivity index (χ3n) is 6.32. The number of aromatic nitrogens is 2. The molecule has 2 aromatic heterocycles. The van der Waals surface area contributed by atoms with Crippen LogP contribution in [0.25, 0.3) is 61.8 Å². The van der Waals surface area contributed by atoms with E-state index >= 15 is 0 Å². The van der Waals surface area contributed by atoms with E-state index in [-0.39, 0.29) is 0 Å². The standard InChI is InChI=1S/C29H18N2/c1-3-13-27-23(10-1)24-11-2-4-14-28(24)31(27)22-9-5-8-20(17-22)26-18-21-16-15-19-7-6-12-25(30-26)29(19)21/h1-18H. The Hall–Kier alpha value is -4.17. The van der Waals surface area contributed by atoms with Gasteiger partial charge < -0.3 is 4.57 Å². The van der Waals surface area contributed by atoms with Crippen molar-refractivity contribution in [1.82, 2.24) is 9.55 Å². The maximum atomic E-state index is 5.00. The van der Waals surface area contributed by atoms with E-state index in [1.807, 2.05) is 0 Å². The molecular formula is C29H18N2. The van der Waals surface area contributed by atoms with Crippen molar-refractivity contribution in [2.45, 2.75) is 0 Å². The molecule has 2 heterocycles. The van der Waals surface area contributed by atoms with Gasteiger partial charge in [0, 0.05) is 27.4 Å². The number of rotatable bonds is 2. The Labute approximate surface area is 179 Å². The SMILES string of the molecule is C1=Cc2cc(-c3cccc(-n4c5ccccc5c5ccccc54)c3)nc3cccc1c23. The zero-order valence-corrected chi connectivity index (χ0v) is 16.8. The van der Waals surface area contributed by atoms with Gasteiger partial charge in [-0.15, -0.1) is 0 Å². The predicted molar refractivity (Wildman–Crippen MR) is 130 cm³/mol. The van der Waals surface area contributed by atoms with Crippen LogP contribution in [-0.4, -0.2) is 9.55 Å². The normalized spacial score (nSPS) is 12.4. The predicted octanol–water partition coefficient (Wildman–Crippen LogP) is 7.48. The quantitative estimate of drug-likeness (QED) is 0.297. The van der Waals surface area contributed by atoms with Crippen LogP contribution >= 0.6 is 0 Å². The van der Waals surface area contributed by atoms with Crippen LogP contribution in [0.15, 0.2) is 97.1 Å². The highest BCUT2D eigenvalue weighted by atomic mass is 15.0. The summed E-state index contributed by atoms with van der Waals surface area (Å²) < 4.78 is 2.35. The van der Waals surface area contributed by atoms with E-state index in [0.29, 0.717) is 0 Å². The Morgan fingerprint density at radius 2 is 1.29 bits per heavy atom. The second-order valence-corrected chi connectivity index (χ2v) is 8.09. The van der Waals surface area contributed by atoms with Crippen molar-refractivity contribution in [2.24, 2.45) is 0 Å². The molecule has 0 N–H and O–H groups in total. The van der Waals surface area contributed by atoms with E-state index in [2.05, 4.69) is 114 Å². The minimum absolute atomic E-state index is 1.01. The Morgan fingerprint density at radius 3 is 2.10 bits per heavy atom. The first kappa shape index (κ1) is 16.6. The number of hydrogen-bond acceptors (Lipinski definition) is 1. The second-order valence-electron chi connectivity index (χ2n) is 8.09. The van der Waals surface area contributed by atoms with Crippen LogP contribution in [0, 0.1) is 0 Å². The fourth-order valence-electron chi connectivity index (χ4n) is 4.95. The molecule has 7 rings (SSSR count). The Balaban J connectivity index is 1.48. The van der Waals surface area contributed by atoms with Gasteiger partial charge in [0.25, 0.3) is 0 Å². The van der Waals surface area contributed by atoms with E-state index in [9.17, 15) is 0 Å². The summed E-state index contributed by atoms with van der Waals surface area (Å²) in [6, 6.07) is 34.5. The number of para-hydroxylation sites is 2. The van der Waals surface area contributed by atoms with Crippen LogP contribution in [0.4, 0.5) is 0 Å². The van der Waals surface area contributed by atoms with Gasteiger partial charge in [0.1, 0.15) is 0 Å². The molecule has 4 aromatic carbocycles. The fraction of sp³-hybridized carbons (Fsp3) is 0. The molecular weight excluding hydrogens is 376 g/mol. The van der Waals surface area contributed by atoms with Gasteiger partial charge in [0.15, 0.2) is 0 Å². The smallest absolute Gasteiger partial charge is 0.0721 e. The molecule has 0 radical (unpaired) electrons. The third kappa shape index (κ3) is 2.36. The second kappa shape index (κ2) is 6.16. The highest BCUT2D eigenvalue weighted by Gasteiger charge is 2.14. The number of hydrogen-bond donors (Lipinski definition) is 0. The van der Waals surface area contributed by atoms with Crippen LogP contribution in [0.5, 0.6) is 0 Å². The molecule has 0 spiro atoms. The largest absolute Gasteiger partial charge is 0.309 e. The van der Waals surface area contributed by atoms with Gasteiger partial charge in [-0.3, -0.25) is 0 Å². The van der Waals surface area contributed by atoms with Crippen molar-refractivity contribution in [2.75, 3.05) is 0 Å². The van der Waals surface area contributed by atoms with Crippen molar-refractivity contribution < 1.29 is 0 Å². The van der Waals surface area contributed by atoms with Crippen LogP contribution in [0.2, 0.25) is 0 Å². The van der Waals surface area contributed by atoms with Crippen molar-refractivity contribution in [3.05, 3.63) is 108 Å². The van der Waals surface area contributed by atoms with Gasteiger partial charge in [-0.25, -0.2) is 4.98 Å². The molecule has 0 amide bonds. The van der Waals surface area contributed by atoms with E-state index in [1.165, 1.54) is 38.3 Å². The molecule has 0 aliphatic heterocycles. The molecule has 0 fully saturated rings. The summed E-state index contributed by atoms with van der Waals surface area (Å²) in [5.41, 5.74) is 9.28. The van der Waals surface area contributed by atoms with E-state index in [4.69, 9.17) is 4.98 Å². The van der Waals surface area contributed by atoms with Crippen LogP contribution in [0.3, 0.4) is 0 Å². The minimum atomic E-state index is 1.01. The molecule has 1 aliphatic rings. The van der Waals surface area contributed by atoms with Crippen LogP contribution in [-0.2, 0) is 0 Å². The van der Waals surface area contributed by atoms with Gasteiger partial charge in [0.05, 0.1) is 22.2 Å². The third-order valence-corrected chi connectivity index (χ3v) is 6.32. The van der Waals surface area contributed by atoms with Gasteiger partial charge in [-0.1, -0.05) is 72.8 Å². The summed E-state index contributed by atoms with van der Waals surface area (Å²) in [5, 5.41) is 3.81. The number of fused-ring (bicyclic) bond motifs is 3. The Morgan fingerprint density at radius 1 is 0.581 bits per heavy atom. The molecule has 0 atom stereocenters. The van der Waals surface area contributed by atoms with E-state index in [1.54, 1.807) is 0 Å². The molecule has 2 heteroatoms. The molecule has 2 nitrogen and oxygen atoms in total. The van der Waals surface area contributed by atoms with Crippen molar-refractivity contribution in [3.8, 4) is 16.9 Å². The molecule has 1 aliphatic carbocycles. The topological polar surface area (TPSA) is 17.8 Å². The van der Waals surface area contributed by atoms with Gasteiger partial charge in [-0.05, 0) is 47.5 Å². The molecule has 0 bridgehead atoms. The summed E-state index contributed by atoms with van der Waals surface area (Å²) in [6.07, 6.45) is 4.37. The van der Waals surface area contributed by atoms with Crippen LogP contribution < -0.4 is 0 Å². The first-order valence-corrected chi connectivity index (χ1v) is 10.6. The van der Waals surface area contributed by atoms with E-state index in [0.717, 1.165) is 22.5 Å². The Bertz CT molecular complexity index is 1630. The highest BCUT2D eigenvalue weighted by Crippen LogP contribution is 2.35. The number of pyridine rings is 1. The van der Waals surface area contributed by atoms with Crippen molar-refractivity contribution in [1.29, 1.82) is 0 Å². The lowest BCUT2D eigenvalue weighted by atomic mass is 10.0. The highest BCUT2D eigenvalue weighted by molar-refractivity contribution is 6.09. The van der Waals surface area contributed by atoms with E-state index < -0.39 is 0 Å². The van der Waals surface area contributed by atoms with Gasteiger partial charge in [0.2, 0.25) is 0 Å².